The van der Waals surface area contributed by atoms with Crippen LogP contribution in [0.4, 0.5) is 18.3 Å². The molecule has 0 unspecified atom stereocenters. The van der Waals surface area contributed by atoms with Crippen molar-refractivity contribution >= 4 is 32.4 Å². The van der Waals surface area contributed by atoms with E-state index in [0.717, 1.165) is 39.4 Å². The number of amides is 1. The molecule has 1 atom stereocenters. The van der Waals surface area contributed by atoms with Crippen LogP contribution in [0.2, 0.25) is 0 Å². The summed E-state index contributed by atoms with van der Waals surface area (Å²) in [6.45, 7) is 0.0298. The van der Waals surface area contributed by atoms with Gasteiger partial charge in [0.1, 0.15) is 11.0 Å². The second-order valence-electron chi connectivity index (χ2n) is 7.07. The Hall–Kier alpha value is -2.83. The first kappa shape index (κ1) is 22.4. The zero-order valence-electron chi connectivity index (χ0n) is 16.4. The quantitative estimate of drug-likeness (QED) is 0.593. The van der Waals surface area contributed by atoms with Crippen molar-refractivity contribution in [2.45, 2.75) is 30.0 Å². The summed E-state index contributed by atoms with van der Waals surface area (Å²) in [4.78, 5) is 12.3. The summed E-state index contributed by atoms with van der Waals surface area (Å²) >= 11 is 1.14. The van der Waals surface area contributed by atoms with Gasteiger partial charge in [-0.3, -0.25) is 10.1 Å². The first-order valence-electron chi connectivity index (χ1n) is 9.55. The number of carbonyl (C=O) groups excluding carboxylic acids is 1. The second-order valence-corrected chi connectivity index (χ2v) is 9.94. The molecule has 4 rings (SSSR count). The van der Waals surface area contributed by atoms with Gasteiger partial charge in [-0.05, 0) is 31.0 Å². The van der Waals surface area contributed by atoms with Gasteiger partial charge < -0.3 is 0 Å². The highest BCUT2D eigenvalue weighted by atomic mass is 32.2. The van der Waals surface area contributed by atoms with Crippen LogP contribution in [0.5, 0.6) is 0 Å². The highest BCUT2D eigenvalue weighted by molar-refractivity contribution is 7.89. The third kappa shape index (κ3) is 4.52. The summed E-state index contributed by atoms with van der Waals surface area (Å²) < 4.78 is 66.1. The van der Waals surface area contributed by atoms with Gasteiger partial charge in [0.25, 0.3) is 0 Å². The smallest absolute Gasteiger partial charge is 0.299 e. The standard InChI is InChI=1S/C20H17F3N4O3S2/c21-20(22,23)14-8-4-9-15(12-14)32(29,30)27-11-5-10-16(27)17(28)24-19-26-25-18(31-19)13-6-2-1-3-7-13/h1-4,6-9,12,16H,5,10-11H2,(H,24,26,28)/t16-/m1/s1. The van der Waals surface area contributed by atoms with E-state index in [0.29, 0.717) is 17.5 Å². The lowest BCUT2D eigenvalue weighted by atomic mass is 10.2. The number of rotatable bonds is 5. The number of nitrogens with zero attached hydrogens (tertiary/aromatic N) is 3. The molecule has 0 radical (unpaired) electrons. The maximum absolute atomic E-state index is 13.0. The summed E-state index contributed by atoms with van der Waals surface area (Å²) in [5, 5.41) is 11.3. The number of anilines is 1. The zero-order chi connectivity index (χ0) is 22.9. The van der Waals surface area contributed by atoms with Crippen molar-refractivity contribution in [3.8, 4) is 10.6 Å². The molecule has 7 nitrogen and oxygen atoms in total. The fraction of sp³-hybridized carbons (Fsp3) is 0.250. The Morgan fingerprint density at radius 3 is 2.56 bits per heavy atom. The molecule has 0 aliphatic carbocycles. The van der Waals surface area contributed by atoms with Gasteiger partial charge in [0, 0.05) is 12.1 Å². The van der Waals surface area contributed by atoms with Gasteiger partial charge in [0.15, 0.2) is 0 Å². The van der Waals surface area contributed by atoms with Crippen molar-refractivity contribution in [1.82, 2.24) is 14.5 Å². The molecule has 2 aromatic carbocycles. The highest BCUT2D eigenvalue weighted by Crippen LogP contribution is 2.33. The molecule has 3 aromatic rings. The Morgan fingerprint density at radius 2 is 1.84 bits per heavy atom. The van der Waals surface area contributed by atoms with E-state index >= 15 is 0 Å². The summed E-state index contributed by atoms with van der Waals surface area (Å²) in [6, 6.07) is 11.7. The molecule has 0 bridgehead atoms. The molecule has 168 valence electrons. The number of sulfonamides is 1. The molecule has 0 spiro atoms. The van der Waals surface area contributed by atoms with Crippen LogP contribution < -0.4 is 5.32 Å². The first-order chi connectivity index (χ1) is 15.2. The van der Waals surface area contributed by atoms with Crippen molar-refractivity contribution in [1.29, 1.82) is 0 Å². The fourth-order valence-electron chi connectivity index (χ4n) is 3.42. The molecule has 1 amide bonds. The van der Waals surface area contributed by atoms with Gasteiger partial charge in [0.05, 0.1) is 10.5 Å². The Balaban J connectivity index is 1.53. The van der Waals surface area contributed by atoms with Crippen molar-refractivity contribution in [2.24, 2.45) is 0 Å². The summed E-state index contributed by atoms with van der Waals surface area (Å²) in [6.07, 6.45) is -4.03. The number of benzene rings is 2. The van der Waals surface area contributed by atoms with Gasteiger partial charge >= 0.3 is 6.18 Å². The molecule has 1 aromatic heterocycles. The molecule has 1 aliphatic rings. The zero-order valence-corrected chi connectivity index (χ0v) is 18.0. The Morgan fingerprint density at radius 1 is 1.09 bits per heavy atom. The van der Waals surface area contributed by atoms with Gasteiger partial charge in [-0.2, -0.15) is 17.5 Å². The minimum absolute atomic E-state index is 0.0298. The van der Waals surface area contributed by atoms with E-state index in [-0.39, 0.29) is 18.1 Å². The van der Waals surface area contributed by atoms with Crippen LogP contribution in [0.1, 0.15) is 18.4 Å². The van der Waals surface area contributed by atoms with Crippen LogP contribution in [0.15, 0.2) is 59.5 Å². The van der Waals surface area contributed by atoms with Gasteiger partial charge in [0.2, 0.25) is 21.1 Å². The molecule has 1 N–H and O–H groups in total. The Bertz CT molecular complexity index is 1230. The van der Waals surface area contributed by atoms with E-state index in [4.69, 9.17) is 0 Å². The lowest BCUT2D eigenvalue weighted by Gasteiger charge is -2.23. The number of nitrogens with one attached hydrogen (secondary N) is 1. The molecular formula is C20H17F3N4O3S2. The largest absolute Gasteiger partial charge is 0.416 e. The monoisotopic (exact) mass is 482 g/mol. The Labute approximate surface area is 186 Å². The average molecular weight is 483 g/mol. The minimum Gasteiger partial charge on any atom is -0.299 e. The SMILES string of the molecule is O=C(Nc1nnc(-c2ccccc2)s1)[C@H]1CCCN1S(=O)(=O)c1cccc(C(F)(F)F)c1. The lowest BCUT2D eigenvalue weighted by molar-refractivity contribution is -0.137. The number of carbonyl (C=O) groups is 1. The van der Waals surface area contributed by atoms with E-state index in [1.807, 2.05) is 30.3 Å². The number of hydrogen-bond acceptors (Lipinski definition) is 6. The summed E-state index contributed by atoms with van der Waals surface area (Å²) in [7, 11) is -4.31. The second kappa shape index (κ2) is 8.60. The molecule has 1 saturated heterocycles. The molecule has 12 heteroatoms. The van der Waals surface area contributed by atoms with Crippen LogP contribution in [-0.2, 0) is 21.0 Å². The van der Waals surface area contributed by atoms with Gasteiger partial charge in [-0.15, -0.1) is 10.2 Å². The first-order valence-corrected chi connectivity index (χ1v) is 11.8. The third-order valence-corrected chi connectivity index (χ3v) is 7.74. The van der Waals surface area contributed by atoms with E-state index in [1.165, 1.54) is 0 Å². The van der Waals surface area contributed by atoms with Crippen molar-refractivity contribution in [2.75, 3.05) is 11.9 Å². The molecule has 1 aliphatic heterocycles. The van der Waals surface area contributed by atoms with Crippen LogP contribution in [0.25, 0.3) is 10.6 Å². The van der Waals surface area contributed by atoms with E-state index < -0.39 is 38.6 Å². The number of hydrogen-bond donors (Lipinski definition) is 1. The lowest BCUT2D eigenvalue weighted by Crippen LogP contribution is -2.43. The molecular weight excluding hydrogens is 465 g/mol. The molecule has 2 heterocycles. The predicted molar refractivity (Wildman–Crippen MR) is 112 cm³/mol. The maximum Gasteiger partial charge on any atom is 0.416 e. The van der Waals surface area contributed by atoms with Crippen molar-refractivity contribution in [3.05, 3.63) is 60.2 Å². The van der Waals surface area contributed by atoms with Gasteiger partial charge in [-0.25, -0.2) is 8.42 Å². The van der Waals surface area contributed by atoms with Crippen LogP contribution in [-0.4, -0.2) is 41.4 Å². The average Bonchev–Trinajstić information content (AvgIpc) is 3.44. The number of halogens is 3. The highest BCUT2D eigenvalue weighted by Gasteiger charge is 2.40. The van der Waals surface area contributed by atoms with Crippen molar-refractivity contribution in [3.63, 3.8) is 0 Å². The maximum atomic E-state index is 13.0. The van der Waals surface area contributed by atoms with E-state index in [2.05, 4.69) is 15.5 Å². The van der Waals surface area contributed by atoms with Crippen LogP contribution in [0.3, 0.4) is 0 Å². The van der Waals surface area contributed by atoms with E-state index in [1.54, 1.807) is 0 Å². The molecule has 32 heavy (non-hydrogen) atoms. The summed E-state index contributed by atoms with van der Waals surface area (Å²) in [5.41, 5.74) is -0.249. The minimum atomic E-state index is -4.68. The topological polar surface area (TPSA) is 92.3 Å². The van der Waals surface area contributed by atoms with Crippen LogP contribution in [0, 0.1) is 0 Å². The fourth-order valence-corrected chi connectivity index (χ4v) is 5.87. The Kier molecular flexibility index (Phi) is 6.01. The summed E-state index contributed by atoms with van der Waals surface area (Å²) in [5.74, 6) is -0.603. The molecule has 1 fully saturated rings. The molecule has 0 saturated carbocycles. The van der Waals surface area contributed by atoms with Gasteiger partial charge in [-0.1, -0.05) is 47.7 Å². The van der Waals surface area contributed by atoms with E-state index in [9.17, 15) is 26.4 Å². The predicted octanol–water partition coefficient (Wildman–Crippen LogP) is 4.02. The number of alkyl halides is 3. The van der Waals surface area contributed by atoms with Crippen LogP contribution >= 0.6 is 11.3 Å². The third-order valence-electron chi connectivity index (χ3n) is 4.95. The van der Waals surface area contributed by atoms with Crippen molar-refractivity contribution < 1.29 is 26.4 Å². The number of aromatic nitrogens is 2. The normalized spacial score (nSPS) is 17.4.